The monoisotopic (exact) mass is 419 g/mol. The molecule has 162 valence electrons. The lowest BCUT2D eigenvalue weighted by molar-refractivity contribution is -0.139. The second-order valence-electron chi connectivity index (χ2n) is 8.18. The van der Waals surface area contributed by atoms with Gasteiger partial charge in [-0.15, -0.1) is 0 Å². The number of carbonyl (C=O) groups is 1. The molecule has 0 radical (unpaired) electrons. The Morgan fingerprint density at radius 2 is 1.90 bits per heavy atom. The molecule has 6 heteroatoms. The molecule has 1 aromatic heterocycles. The van der Waals surface area contributed by atoms with Gasteiger partial charge in [-0.2, -0.15) is 0 Å². The van der Waals surface area contributed by atoms with Crippen LogP contribution in [0.25, 0.3) is 11.0 Å². The minimum Gasteiger partial charge on any atom is -0.494 e. The zero-order valence-corrected chi connectivity index (χ0v) is 18.5. The van der Waals surface area contributed by atoms with Crippen molar-refractivity contribution in [1.29, 1.82) is 0 Å². The van der Waals surface area contributed by atoms with E-state index in [4.69, 9.17) is 14.5 Å². The minimum atomic E-state index is -0.340. The van der Waals surface area contributed by atoms with Gasteiger partial charge in [-0.25, -0.2) is 9.78 Å². The van der Waals surface area contributed by atoms with Crippen LogP contribution in [0, 0.1) is 5.92 Å². The predicted molar refractivity (Wildman–Crippen MR) is 122 cm³/mol. The van der Waals surface area contributed by atoms with E-state index in [1.165, 1.54) is 0 Å². The van der Waals surface area contributed by atoms with Crippen LogP contribution in [0.3, 0.4) is 0 Å². The van der Waals surface area contributed by atoms with Gasteiger partial charge in [0.1, 0.15) is 5.75 Å². The molecule has 2 heterocycles. The number of esters is 1. The van der Waals surface area contributed by atoms with Crippen LogP contribution in [0.1, 0.15) is 45.7 Å². The van der Waals surface area contributed by atoms with Gasteiger partial charge >= 0.3 is 5.97 Å². The fourth-order valence-electron chi connectivity index (χ4n) is 3.91. The van der Waals surface area contributed by atoms with Crippen LogP contribution in [0.2, 0.25) is 0 Å². The molecule has 0 spiro atoms. The van der Waals surface area contributed by atoms with E-state index >= 15 is 0 Å². The first-order chi connectivity index (χ1) is 15.0. The van der Waals surface area contributed by atoms with Crippen LogP contribution >= 0.6 is 0 Å². The number of rotatable bonds is 7. The molecule has 0 aliphatic carbocycles. The summed E-state index contributed by atoms with van der Waals surface area (Å²) in [6.45, 7) is 9.09. The fourth-order valence-corrected chi connectivity index (χ4v) is 3.91. The molecule has 0 saturated carbocycles. The van der Waals surface area contributed by atoms with Gasteiger partial charge in [0.2, 0.25) is 5.95 Å². The van der Waals surface area contributed by atoms with Gasteiger partial charge in [0, 0.05) is 5.70 Å². The molecular weight excluding hydrogens is 390 g/mol. The number of imidazole rings is 1. The normalized spacial score (nSPS) is 15.7. The summed E-state index contributed by atoms with van der Waals surface area (Å²) in [5.74, 6) is 1.82. The van der Waals surface area contributed by atoms with Gasteiger partial charge < -0.3 is 14.8 Å². The second-order valence-corrected chi connectivity index (χ2v) is 8.18. The maximum absolute atomic E-state index is 13.0. The summed E-state index contributed by atoms with van der Waals surface area (Å²) in [4.78, 5) is 17.7. The second kappa shape index (κ2) is 8.84. The van der Waals surface area contributed by atoms with Crippen LogP contribution in [0.4, 0.5) is 5.95 Å². The Kier molecular flexibility index (Phi) is 5.98. The van der Waals surface area contributed by atoms with Gasteiger partial charge in [-0.1, -0.05) is 38.1 Å². The van der Waals surface area contributed by atoms with Crippen molar-refractivity contribution in [3.63, 3.8) is 0 Å². The van der Waals surface area contributed by atoms with Gasteiger partial charge in [-0.05, 0) is 56.0 Å². The molecule has 0 fully saturated rings. The van der Waals surface area contributed by atoms with Crippen molar-refractivity contribution in [2.24, 2.45) is 5.92 Å². The number of benzene rings is 2. The highest BCUT2D eigenvalue weighted by molar-refractivity contribution is 5.94. The summed E-state index contributed by atoms with van der Waals surface area (Å²) in [6, 6.07) is 15.6. The summed E-state index contributed by atoms with van der Waals surface area (Å²) in [7, 11) is 0. The Morgan fingerprint density at radius 3 is 2.61 bits per heavy atom. The van der Waals surface area contributed by atoms with Crippen LogP contribution in [0.15, 0.2) is 59.8 Å². The topological polar surface area (TPSA) is 65.4 Å². The van der Waals surface area contributed by atoms with E-state index in [0.717, 1.165) is 34.5 Å². The van der Waals surface area contributed by atoms with Crippen molar-refractivity contribution in [1.82, 2.24) is 9.55 Å². The smallest absolute Gasteiger partial charge is 0.338 e. The molecule has 3 aromatic rings. The molecule has 0 saturated heterocycles. The first kappa shape index (κ1) is 21.0. The highest BCUT2D eigenvalue weighted by atomic mass is 16.5. The number of carbonyl (C=O) groups excluding carboxylic acids is 1. The number of nitrogens with one attached hydrogen (secondary N) is 1. The fraction of sp³-hybridized carbons (Fsp3) is 0.360. The first-order valence-corrected chi connectivity index (χ1v) is 10.8. The van der Waals surface area contributed by atoms with Crippen LogP contribution < -0.4 is 10.1 Å². The summed E-state index contributed by atoms with van der Waals surface area (Å²) in [5, 5.41) is 3.29. The molecule has 4 rings (SSSR count). The van der Waals surface area contributed by atoms with Crippen molar-refractivity contribution in [2.75, 3.05) is 18.5 Å². The Hall–Kier alpha value is -3.28. The molecule has 0 bridgehead atoms. The van der Waals surface area contributed by atoms with E-state index < -0.39 is 0 Å². The Morgan fingerprint density at radius 1 is 1.16 bits per heavy atom. The van der Waals surface area contributed by atoms with Crippen molar-refractivity contribution in [3.05, 3.63) is 65.4 Å². The summed E-state index contributed by atoms with van der Waals surface area (Å²) in [5.41, 5.74) is 4.15. The number of hydrogen-bond acceptors (Lipinski definition) is 5. The lowest BCUT2D eigenvalue weighted by atomic mass is 9.95. The van der Waals surface area contributed by atoms with E-state index in [1.807, 2.05) is 62.4 Å². The first-order valence-electron chi connectivity index (χ1n) is 10.8. The van der Waals surface area contributed by atoms with Crippen LogP contribution in [0.5, 0.6) is 5.75 Å². The van der Waals surface area contributed by atoms with E-state index in [9.17, 15) is 4.79 Å². The number of allylic oxidation sites excluding steroid dienone is 1. The number of ether oxygens (including phenoxy) is 2. The average Bonchev–Trinajstić information content (AvgIpc) is 3.11. The molecule has 1 atom stereocenters. The Bertz CT molecular complexity index is 1110. The van der Waals surface area contributed by atoms with Crippen molar-refractivity contribution < 1.29 is 14.3 Å². The molecule has 1 unspecified atom stereocenters. The summed E-state index contributed by atoms with van der Waals surface area (Å²) >= 11 is 0. The average molecular weight is 420 g/mol. The minimum absolute atomic E-state index is 0.321. The molecule has 2 aromatic carbocycles. The Labute approximate surface area is 182 Å². The number of nitrogens with zero attached hydrogens (tertiary/aromatic N) is 2. The Balaban J connectivity index is 1.76. The summed E-state index contributed by atoms with van der Waals surface area (Å²) < 4.78 is 13.4. The molecule has 31 heavy (non-hydrogen) atoms. The zero-order chi connectivity index (χ0) is 22.0. The SMILES string of the molecule is CCOC(=O)C1=C(C)Nc2nc3ccccc3n2C1c1ccc(OCCC(C)C)cc1. The van der Waals surface area contributed by atoms with E-state index in [-0.39, 0.29) is 12.0 Å². The standard InChI is InChI=1S/C25H29N3O3/c1-5-30-24(29)22-17(4)26-25-27-20-8-6-7-9-21(20)28(25)23(22)18-10-12-19(13-11-18)31-15-14-16(2)3/h6-13,16,23H,5,14-15H2,1-4H3,(H,26,27). The van der Waals surface area contributed by atoms with Gasteiger partial charge in [0.25, 0.3) is 0 Å². The number of hydrogen-bond donors (Lipinski definition) is 1. The van der Waals surface area contributed by atoms with Gasteiger partial charge in [-0.3, -0.25) is 4.57 Å². The molecular formula is C25H29N3O3. The highest BCUT2D eigenvalue weighted by Crippen LogP contribution is 2.39. The number of fused-ring (bicyclic) bond motifs is 3. The number of para-hydroxylation sites is 2. The third kappa shape index (κ3) is 4.15. The predicted octanol–water partition coefficient (Wildman–Crippen LogP) is 5.31. The number of aromatic nitrogens is 2. The largest absolute Gasteiger partial charge is 0.494 e. The van der Waals surface area contributed by atoms with E-state index in [0.29, 0.717) is 30.7 Å². The third-order valence-corrected chi connectivity index (χ3v) is 5.49. The van der Waals surface area contributed by atoms with E-state index in [1.54, 1.807) is 0 Å². The molecule has 6 nitrogen and oxygen atoms in total. The third-order valence-electron chi connectivity index (χ3n) is 5.49. The molecule has 1 aliphatic rings. The van der Waals surface area contributed by atoms with Crippen molar-refractivity contribution in [2.45, 2.75) is 40.2 Å². The quantitative estimate of drug-likeness (QED) is 0.526. The van der Waals surface area contributed by atoms with Crippen molar-refractivity contribution in [3.8, 4) is 5.75 Å². The maximum Gasteiger partial charge on any atom is 0.338 e. The van der Waals surface area contributed by atoms with Gasteiger partial charge in [0.15, 0.2) is 0 Å². The molecule has 1 aliphatic heterocycles. The maximum atomic E-state index is 13.0. The summed E-state index contributed by atoms with van der Waals surface area (Å²) in [6.07, 6.45) is 1.01. The zero-order valence-electron chi connectivity index (χ0n) is 18.5. The van der Waals surface area contributed by atoms with Crippen LogP contribution in [-0.2, 0) is 9.53 Å². The molecule has 1 N–H and O–H groups in total. The van der Waals surface area contributed by atoms with Crippen LogP contribution in [-0.4, -0.2) is 28.7 Å². The van der Waals surface area contributed by atoms with Gasteiger partial charge in [0.05, 0.1) is 35.9 Å². The van der Waals surface area contributed by atoms with Crippen molar-refractivity contribution >= 4 is 23.0 Å². The molecule has 0 amide bonds. The number of anilines is 1. The highest BCUT2D eigenvalue weighted by Gasteiger charge is 2.34. The lowest BCUT2D eigenvalue weighted by Gasteiger charge is -2.30. The van der Waals surface area contributed by atoms with E-state index in [2.05, 4.69) is 23.7 Å². The lowest BCUT2D eigenvalue weighted by Crippen LogP contribution is -2.29.